The smallest absolute Gasteiger partial charge is 0.407 e. The van der Waals surface area contributed by atoms with Crippen LogP contribution in [0.25, 0.3) is 0 Å². The highest BCUT2D eigenvalue weighted by molar-refractivity contribution is 7.15. The summed E-state index contributed by atoms with van der Waals surface area (Å²) in [6.45, 7) is 8.30. The van der Waals surface area contributed by atoms with Gasteiger partial charge in [0.1, 0.15) is 0 Å². The normalized spacial score (nSPS) is 16.2. The number of nitrogens with zero attached hydrogens (tertiary/aromatic N) is 5. The number of carbonyl (C=O) groups excluding carboxylic acids is 2. The number of nitrogens with one attached hydrogen (secondary N) is 4. The number of aromatic nitrogens is 1. The van der Waals surface area contributed by atoms with Crippen LogP contribution in [0.5, 0.6) is 0 Å². The molecular weight excluding hydrogens is 578 g/mol. The van der Waals surface area contributed by atoms with Crippen molar-refractivity contribution in [2.75, 3.05) is 70.0 Å². The van der Waals surface area contributed by atoms with Crippen LogP contribution in [0.3, 0.4) is 0 Å². The SMILES string of the molecule is CC(=O)Nc1nc(CCc2ccc(NC(NC(=O)O)NC(=O)O)cc2)c(CN2CCN(C(=O)N3CCN(C)CC3)CC2)s1. The average Bonchev–Trinajstić information content (AvgIpc) is 3.32. The van der Waals surface area contributed by atoms with Crippen molar-refractivity contribution >= 4 is 46.3 Å². The van der Waals surface area contributed by atoms with Gasteiger partial charge in [-0.05, 0) is 37.6 Å². The van der Waals surface area contributed by atoms with Crippen molar-refractivity contribution < 1.29 is 29.4 Å². The van der Waals surface area contributed by atoms with Gasteiger partial charge >= 0.3 is 18.2 Å². The zero-order valence-electron chi connectivity index (χ0n) is 24.3. The van der Waals surface area contributed by atoms with Crippen LogP contribution < -0.4 is 21.3 Å². The molecule has 1 aromatic heterocycles. The summed E-state index contributed by atoms with van der Waals surface area (Å²) in [4.78, 5) is 60.8. The molecule has 16 heteroatoms. The number of likely N-dealkylation sites (N-methyl/N-ethyl adjacent to an activating group) is 1. The van der Waals surface area contributed by atoms with Gasteiger partial charge in [0.15, 0.2) is 11.4 Å². The van der Waals surface area contributed by atoms with Crippen molar-refractivity contribution in [3.8, 4) is 0 Å². The fraction of sp³-hybridized carbons (Fsp3) is 0.519. The first kappa shape index (κ1) is 31.8. The maximum Gasteiger partial charge on any atom is 0.407 e. The highest BCUT2D eigenvalue weighted by atomic mass is 32.1. The van der Waals surface area contributed by atoms with Gasteiger partial charge in [-0.3, -0.25) is 20.3 Å². The van der Waals surface area contributed by atoms with E-state index in [0.717, 1.165) is 55.4 Å². The van der Waals surface area contributed by atoms with Crippen molar-refractivity contribution in [2.24, 2.45) is 0 Å². The number of aryl methyl sites for hydroxylation is 2. The van der Waals surface area contributed by atoms with Gasteiger partial charge in [-0.2, -0.15) is 0 Å². The monoisotopic (exact) mass is 617 g/mol. The molecule has 234 valence electrons. The molecule has 4 rings (SSSR count). The molecule has 2 aromatic rings. The van der Waals surface area contributed by atoms with Gasteiger partial charge in [-0.1, -0.05) is 12.1 Å². The number of urea groups is 1. The van der Waals surface area contributed by atoms with Gasteiger partial charge in [-0.15, -0.1) is 11.3 Å². The van der Waals surface area contributed by atoms with E-state index in [4.69, 9.17) is 15.2 Å². The summed E-state index contributed by atoms with van der Waals surface area (Å²) in [6, 6.07) is 7.34. The van der Waals surface area contributed by atoms with Crippen LogP contribution in [0.1, 0.15) is 23.1 Å². The van der Waals surface area contributed by atoms with E-state index in [0.29, 0.717) is 43.3 Å². The topological polar surface area (TPSA) is 183 Å². The first-order valence-corrected chi connectivity index (χ1v) is 14.9. The molecule has 0 aliphatic carbocycles. The number of thiazole rings is 1. The van der Waals surface area contributed by atoms with E-state index in [2.05, 4.69) is 38.1 Å². The number of rotatable bonds is 10. The lowest BCUT2D eigenvalue weighted by molar-refractivity contribution is -0.114. The van der Waals surface area contributed by atoms with Gasteiger partial charge in [0.05, 0.1) is 5.69 Å². The molecule has 0 spiro atoms. The molecular formula is C27H39N9O6S. The minimum absolute atomic E-state index is 0.118. The number of benzene rings is 1. The fourth-order valence-corrected chi connectivity index (χ4v) is 6.05. The van der Waals surface area contributed by atoms with Crippen LogP contribution in [-0.2, 0) is 24.2 Å². The Hall–Kier alpha value is -4.15. The number of piperazine rings is 2. The maximum atomic E-state index is 13.0. The van der Waals surface area contributed by atoms with Gasteiger partial charge in [0, 0.05) is 76.4 Å². The molecule has 6 N–H and O–H groups in total. The molecule has 15 nitrogen and oxygen atoms in total. The highest BCUT2D eigenvalue weighted by Gasteiger charge is 2.28. The number of carboxylic acid groups (broad SMARTS) is 2. The molecule has 0 radical (unpaired) electrons. The molecule has 3 heterocycles. The van der Waals surface area contributed by atoms with Crippen LogP contribution in [0, 0.1) is 0 Å². The summed E-state index contributed by atoms with van der Waals surface area (Å²) in [5.41, 5.74) is 2.45. The van der Waals surface area contributed by atoms with E-state index in [9.17, 15) is 19.2 Å². The van der Waals surface area contributed by atoms with Crippen LogP contribution in [-0.4, -0.2) is 125 Å². The number of hydrogen-bond acceptors (Lipinski definition) is 9. The summed E-state index contributed by atoms with van der Waals surface area (Å²) in [5, 5.41) is 28.1. The predicted molar refractivity (Wildman–Crippen MR) is 161 cm³/mol. The van der Waals surface area contributed by atoms with Crippen molar-refractivity contribution in [3.63, 3.8) is 0 Å². The summed E-state index contributed by atoms with van der Waals surface area (Å²) >= 11 is 1.47. The molecule has 0 unspecified atom stereocenters. The van der Waals surface area contributed by atoms with Crippen molar-refractivity contribution in [1.29, 1.82) is 0 Å². The highest BCUT2D eigenvalue weighted by Crippen LogP contribution is 2.27. The lowest BCUT2D eigenvalue weighted by Crippen LogP contribution is -2.56. The van der Waals surface area contributed by atoms with Crippen LogP contribution >= 0.6 is 11.3 Å². The lowest BCUT2D eigenvalue weighted by Gasteiger charge is -2.39. The molecule has 0 saturated carbocycles. The summed E-state index contributed by atoms with van der Waals surface area (Å²) in [7, 11) is 2.07. The molecule has 0 bridgehead atoms. The number of hydrogen-bond donors (Lipinski definition) is 6. The summed E-state index contributed by atoms with van der Waals surface area (Å²) in [5.74, 6) is -0.181. The fourth-order valence-electron chi connectivity index (χ4n) is 4.96. The van der Waals surface area contributed by atoms with E-state index >= 15 is 0 Å². The Bertz CT molecular complexity index is 1260. The Morgan fingerprint density at radius 2 is 1.47 bits per heavy atom. The molecule has 2 aliphatic rings. The summed E-state index contributed by atoms with van der Waals surface area (Å²) < 4.78 is 0. The minimum atomic E-state index is -1.37. The third-order valence-corrected chi connectivity index (χ3v) is 8.29. The maximum absolute atomic E-state index is 13.0. The van der Waals surface area contributed by atoms with Gasteiger partial charge in [0.25, 0.3) is 0 Å². The number of amides is 5. The molecule has 2 fully saturated rings. The molecule has 2 aliphatic heterocycles. The Morgan fingerprint density at radius 1 is 0.884 bits per heavy atom. The van der Waals surface area contributed by atoms with Crippen molar-refractivity contribution in [2.45, 2.75) is 32.6 Å². The Labute approximate surface area is 253 Å². The van der Waals surface area contributed by atoms with E-state index in [1.807, 2.05) is 21.9 Å². The second-order valence-corrected chi connectivity index (χ2v) is 11.7. The molecule has 43 heavy (non-hydrogen) atoms. The van der Waals surface area contributed by atoms with Gasteiger partial charge in [-0.25, -0.2) is 19.4 Å². The van der Waals surface area contributed by atoms with Gasteiger partial charge in [0.2, 0.25) is 5.91 Å². The lowest BCUT2D eigenvalue weighted by atomic mass is 10.1. The third kappa shape index (κ3) is 9.69. The average molecular weight is 618 g/mol. The zero-order chi connectivity index (χ0) is 30.9. The first-order valence-electron chi connectivity index (χ1n) is 14.1. The van der Waals surface area contributed by atoms with E-state index in [1.165, 1.54) is 18.3 Å². The standard InChI is InChI=1S/C27H39N9O6S/c1-18(37)28-24-30-21(8-5-19-3-6-20(7-4-19)29-23(31-25(38)39)32-26(40)41)22(43-24)17-34-11-15-36(16-12-34)27(42)35-13-9-33(2)10-14-35/h3-4,6-7,23,29,31-32H,5,8-17H2,1-2H3,(H,38,39)(H,40,41)(H,28,30,37). The van der Waals surface area contributed by atoms with Crippen molar-refractivity contribution in [1.82, 2.24) is 35.2 Å². The molecule has 2 saturated heterocycles. The predicted octanol–water partition coefficient (Wildman–Crippen LogP) is 1.60. The molecule has 5 amide bonds. The van der Waals surface area contributed by atoms with Crippen molar-refractivity contribution in [3.05, 3.63) is 40.4 Å². The Kier molecular flexibility index (Phi) is 11.0. The number of carbonyl (C=O) groups is 4. The summed E-state index contributed by atoms with van der Waals surface area (Å²) in [6.07, 6.45) is -2.64. The largest absolute Gasteiger partial charge is 0.465 e. The van der Waals surface area contributed by atoms with E-state index in [1.54, 1.807) is 12.1 Å². The number of anilines is 2. The van der Waals surface area contributed by atoms with E-state index in [-0.39, 0.29) is 11.9 Å². The first-order chi connectivity index (χ1) is 20.5. The second-order valence-electron chi connectivity index (χ2n) is 10.6. The third-order valence-electron chi connectivity index (χ3n) is 7.30. The molecule has 1 aromatic carbocycles. The van der Waals surface area contributed by atoms with Crippen LogP contribution in [0.4, 0.5) is 25.2 Å². The quantitative estimate of drug-likeness (QED) is 0.214. The van der Waals surface area contributed by atoms with Crippen LogP contribution in [0.2, 0.25) is 0 Å². The Morgan fingerprint density at radius 3 is 2.02 bits per heavy atom. The van der Waals surface area contributed by atoms with Crippen LogP contribution in [0.15, 0.2) is 24.3 Å². The molecule has 0 atom stereocenters. The van der Waals surface area contributed by atoms with Gasteiger partial charge < -0.3 is 35.5 Å². The minimum Gasteiger partial charge on any atom is -0.465 e. The van der Waals surface area contributed by atoms with E-state index < -0.39 is 18.5 Å². The second kappa shape index (κ2) is 14.8. The zero-order valence-corrected chi connectivity index (χ0v) is 25.2. The Balaban J connectivity index is 1.33.